The second kappa shape index (κ2) is 13.4. The number of carbonyl (C=O) groups excluding carboxylic acids is 2. The monoisotopic (exact) mass is 626 g/mol. The van der Waals surface area contributed by atoms with Gasteiger partial charge in [-0.15, -0.1) is 11.3 Å². The van der Waals surface area contributed by atoms with Gasteiger partial charge in [-0.3, -0.25) is 9.79 Å². The fourth-order valence-electron chi connectivity index (χ4n) is 5.21. The van der Waals surface area contributed by atoms with Gasteiger partial charge in [0.05, 0.1) is 25.5 Å². The number of hydrogen-bond acceptors (Lipinski definition) is 10. The minimum Gasteiger partial charge on any atom is -0.466 e. The van der Waals surface area contributed by atoms with Crippen molar-refractivity contribution in [3.05, 3.63) is 62.5 Å². The normalized spacial score (nSPS) is 21.3. The van der Waals surface area contributed by atoms with Crippen molar-refractivity contribution in [3.63, 3.8) is 0 Å². The highest BCUT2D eigenvalue weighted by Gasteiger charge is 2.38. The summed E-state index contributed by atoms with van der Waals surface area (Å²) in [5.74, 6) is -1.32. The van der Waals surface area contributed by atoms with E-state index in [1.54, 1.807) is 13.1 Å². The van der Waals surface area contributed by atoms with Crippen LogP contribution in [0.5, 0.6) is 0 Å². The molecule has 1 saturated carbocycles. The molecule has 0 radical (unpaired) electrons. The zero-order chi connectivity index (χ0) is 29.7. The Morgan fingerprint density at radius 3 is 2.56 bits per heavy atom. The molecule has 1 atom stereocenters. The molecule has 14 heteroatoms. The van der Waals surface area contributed by atoms with E-state index in [9.17, 15) is 22.4 Å². The van der Waals surface area contributed by atoms with Gasteiger partial charge in [0.1, 0.15) is 18.4 Å². The molecule has 10 nitrogen and oxygen atoms in total. The number of sulfonamides is 1. The van der Waals surface area contributed by atoms with Gasteiger partial charge in [-0.1, -0.05) is 17.7 Å². The van der Waals surface area contributed by atoms with Crippen LogP contribution in [0.4, 0.5) is 4.39 Å². The van der Waals surface area contributed by atoms with Gasteiger partial charge in [-0.05, 0) is 56.6 Å². The Balaban J connectivity index is 1.63. The van der Waals surface area contributed by atoms with Gasteiger partial charge in [0.15, 0.2) is 10.8 Å². The predicted molar refractivity (Wildman–Crippen MR) is 153 cm³/mol. The lowest BCUT2D eigenvalue weighted by Gasteiger charge is -2.36. The molecule has 1 unspecified atom stereocenters. The molecule has 1 aromatic carbocycles. The number of nitrogens with one attached hydrogen (secondary N) is 1. The van der Waals surface area contributed by atoms with Gasteiger partial charge < -0.3 is 14.8 Å². The third kappa shape index (κ3) is 7.51. The van der Waals surface area contributed by atoms with Gasteiger partial charge in [0, 0.05) is 34.4 Å². The van der Waals surface area contributed by atoms with Gasteiger partial charge >= 0.3 is 11.9 Å². The quantitative estimate of drug-likeness (QED) is 0.391. The molecule has 1 aromatic heterocycles. The summed E-state index contributed by atoms with van der Waals surface area (Å²) in [6.07, 6.45) is 5.32. The maximum atomic E-state index is 13.9. The molecule has 0 saturated heterocycles. The lowest BCUT2D eigenvalue weighted by Crippen LogP contribution is -2.41. The van der Waals surface area contributed by atoms with Crippen molar-refractivity contribution in [2.45, 2.75) is 38.6 Å². The average Bonchev–Trinajstić information content (AvgIpc) is 3.47. The summed E-state index contributed by atoms with van der Waals surface area (Å²) < 4.78 is 49.9. The molecule has 1 aliphatic carbocycles. The van der Waals surface area contributed by atoms with E-state index in [-0.39, 0.29) is 42.1 Å². The zero-order valence-corrected chi connectivity index (χ0v) is 25.3. The number of esters is 2. The molecule has 2 heterocycles. The van der Waals surface area contributed by atoms with Crippen LogP contribution in [0.1, 0.15) is 49.2 Å². The van der Waals surface area contributed by atoms with Crippen LogP contribution in [-0.4, -0.2) is 68.5 Å². The van der Waals surface area contributed by atoms with Gasteiger partial charge in [-0.25, -0.2) is 22.6 Å². The van der Waals surface area contributed by atoms with E-state index < -0.39 is 33.8 Å². The number of halogens is 2. The van der Waals surface area contributed by atoms with Crippen molar-refractivity contribution < 1.29 is 31.9 Å². The molecule has 4 rings (SSSR count). The Kier molecular flexibility index (Phi) is 10.2. The minimum absolute atomic E-state index is 0.00982. The number of aliphatic imine (C=N–C) groups is 1. The first-order valence-corrected chi connectivity index (χ1v) is 16.2. The van der Waals surface area contributed by atoms with Gasteiger partial charge in [0.2, 0.25) is 10.0 Å². The number of methoxy groups -OCH3 is 1. The van der Waals surface area contributed by atoms with Crippen LogP contribution < -0.4 is 5.32 Å². The molecule has 0 amide bonds. The second-order valence-electron chi connectivity index (χ2n) is 9.91. The Hall–Kier alpha value is -2.87. The number of carbonyl (C=O) groups is 2. The Labute approximate surface area is 247 Å². The van der Waals surface area contributed by atoms with Crippen LogP contribution in [0, 0.1) is 17.7 Å². The summed E-state index contributed by atoms with van der Waals surface area (Å²) in [4.78, 5) is 34.4. The highest BCUT2D eigenvalue weighted by molar-refractivity contribution is 7.88. The number of nitrogens with zero attached hydrogens (tertiary/aromatic N) is 3. The molecule has 41 heavy (non-hydrogen) atoms. The van der Waals surface area contributed by atoms with Crippen molar-refractivity contribution in [2.24, 2.45) is 16.8 Å². The van der Waals surface area contributed by atoms with Gasteiger partial charge in [0.25, 0.3) is 0 Å². The van der Waals surface area contributed by atoms with E-state index in [0.717, 1.165) is 10.6 Å². The maximum absolute atomic E-state index is 13.9. The molecule has 2 aromatic rings. The summed E-state index contributed by atoms with van der Waals surface area (Å²) in [5.41, 5.74) is 1.37. The fourth-order valence-corrected chi connectivity index (χ4v) is 6.89. The number of ether oxygens (including phenoxy) is 2. The van der Waals surface area contributed by atoms with E-state index in [1.165, 1.54) is 36.6 Å². The van der Waals surface area contributed by atoms with Crippen LogP contribution >= 0.6 is 22.9 Å². The molecular formula is C27H32ClFN4O6S2. The van der Waals surface area contributed by atoms with Crippen molar-refractivity contribution >= 4 is 50.7 Å². The Bertz CT molecular complexity index is 1440. The fraction of sp³-hybridized carbons (Fsp3) is 0.481. The first-order chi connectivity index (χ1) is 19.5. The number of allylic oxidation sites excluding steroid dienone is 1. The first kappa shape index (κ1) is 31.1. The Morgan fingerprint density at radius 1 is 1.24 bits per heavy atom. The van der Waals surface area contributed by atoms with Gasteiger partial charge in [-0.2, -0.15) is 4.31 Å². The number of aromatic nitrogens is 1. The van der Waals surface area contributed by atoms with E-state index in [0.29, 0.717) is 47.8 Å². The average molecular weight is 627 g/mol. The molecule has 2 aliphatic rings. The predicted octanol–water partition coefficient (Wildman–Crippen LogP) is 4.08. The van der Waals surface area contributed by atoms with E-state index in [1.807, 2.05) is 5.38 Å². The number of amidine groups is 1. The molecule has 1 fully saturated rings. The highest BCUT2D eigenvalue weighted by atomic mass is 35.5. The van der Waals surface area contributed by atoms with Crippen molar-refractivity contribution in [1.82, 2.24) is 14.6 Å². The summed E-state index contributed by atoms with van der Waals surface area (Å²) in [6, 6.07) is 3.11. The number of benzene rings is 1. The van der Waals surface area contributed by atoms with Crippen molar-refractivity contribution in [3.8, 4) is 0 Å². The maximum Gasteiger partial charge on any atom is 0.338 e. The van der Waals surface area contributed by atoms with Crippen LogP contribution in [0.3, 0.4) is 0 Å². The topological polar surface area (TPSA) is 127 Å². The van der Waals surface area contributed by atoms with E-state index in [2.05, 4.69) is 10.3 Å². The largest absolute Gasteiger partial charge is 0.466 e. The smallest absolute Gasteiger partial charge is 0.338 e. The lowest BCUT2D eigenvalue weighted by molar-refractivity contribution is -0.143. The van der Waals surface area contributed by atoms with E-state index in [4.69, 9.17) is 26.1 Å². The molecular weight excluding hydrogens is 595 g/mol. The number of hydrogen-bond donors (Lipinski definition) is 1. The molecule has 1 N–H and O–H groups in total. The van der Waals surface area contributed by atoms with Crippen LogP contribution in [-0.2, 0) is 29.1 Å². The van der Waals surface area contributed by atoms with Crippen LogP contribution in [0.25, 0.3) is 0 Å². The highest BCUT2D eigenvalue weighted by Crippen LogP contribution is 2.42. The second-order valence-corrected chi connectivity index (χ2v) is 13.2. The third-order valence-electron chi connectivity index (χ3n) is 7.17. The lowest BCUT2D eigenvalue weighted by atomic mass is 9.78. The summed E-state index contributed by atoms with van der Waals surface area (Å²) >= 11 is 7.82. The van der Waals surface area contributed by atoms with Crippen LogP contribution in [0.2, 0.25) is 5.02 Å². The van der Waals surface area contributed by atoms with Crippen molar-refractivity contribution in [2.75, 3.05) is 33.1 Å². The first-order valence-electron chi connectivity index (χ1n) is 13.1. The number of rotatable bonds is 10. The van der Waals surface area contributed by atoms with Crippen molar-refractivity contribution in [1.29, 1.82) is 0 Å². The zero-order valence-electron chi connectivity index (χ0n) is 22.9. The van der Waals surface area contributed by atoms with E-state index >= 15 is 0 Å². The standard InChI is InChI=1S/C27H32ClFN4O6S2/c1-4-39-21(34)15-33(41(3,36)37)14-16-5-7-17(8-6-16)23-22(27(35)38-2)24(19-10-9-18(29)13-20(19)28)32-25(31-23)26-30-11-12-40-26/h9-13,16-17,24H,4-8,14-15H2,1-3H3,(H,31,32). The van der Waals surface area contributed by atoms with Crippen LogP contribution in [0.15, 0.2) is 46.0 Å². The molecule has 0 bridgehead atoms. The molecule has 0 spiro atoms. The number of thiazole rings is 1. The summed E-state index contributed by atoms with van der Waals surface area (Å²) in [7, 11) is -2.34. The third-order valence-corrected chi connectivity index (χ3v) is 9.49. The Morgan fingerprint density at radius 2 is 1.98 bits per heavy atom. The summed E-state index contributed by atoms with van der Waals surface area (Å²) in [5, 5.41) is 5.89. The SMILES string of the molecule is CCOC(=O)CN(CC1CCC(C2=C(C(=O)OC)C(c3ccc(F)cc3Cl)N=C(c3nccs3)N2)CC1)S(C)(=O)=O. The minimum atomic E-state index is -3.62. The molecule has 222 valence electrons. The summed E-state index contributed by atoms with van der Waals surface area (Å²) in [6.45, 7) is 1.70. The molecule has 1 aliphatic heterocycles.